The largest absolute Gasteiger partial charge is 0.271 e. The van der Waals surface area contributed by atoms with Crippen molar-refractivity contribution in [2.24, 2.45) is 11.3 Å². The molecule has 0 aliphatic heterocycles. The second kappa shape index (κ2) is 5.41. The first kappa shape index (κ1) is 15.2. The second-order valence-electron chi connectivity index (χ2n) is 7.36. The summed E-state index contributed by atoms with van der Waals surface area (Å²) in [5.74, 6) is 5.69. The maximum absolute atomic E-state index is 5.69. The molecule has 1 unspecified atom stereocenters. The monoisotopic (exact) mass is 248 g/mol. The molecule has 0 aliphatic rings. The molecule has 18 heavy (non-hydrogen) atoms. The minimum absolute atomic E-state index is 0.203. The Kier molecular flexibility index (Phi) is 4.57. The van der Waals surface area contributed by atoms with Crippen LogP contribution in [0.5, 0.6) is 0 Å². The highest BCUT2D eigenvalue weighted by Gasteiger charge is 2.20. The van der Waals surface area contributed by atoms with Crippen molar-refractivity contribution >= 4 is 0 Å². The van der Waals surface area contributed by atoms with Gasteiger partial charge >= 0.3 is 0 Å². The van der Waals surface area contributed by atoms with Gasteiger partial charge in [-0.2, -0.15) is 0 Å². The first-order chi connectivity index (χ1) is 8.13. The molecule has 1 rings (SSSR count). The molecule has 1 atom stereocenters. The van der Waals surface area contributed by atoms with Crippen LogP contribution in [0.1, 0.15) is 65.1 Å². The van der Waals surface area contributed by atoms with Gasteiger partial charge in [0, 0.05) is 6.04 Å². The Labute approximate surface area is 112 Å². The zero-order valence-corrected chi connectivity index (χ0v) is 12.7. The zero-order chi connectivity index (χ0) is 14.0. The fourth-order valence-electron chi connectivity index (χ4n) is 2.10. The van der Waals surface area contributed by atoms with Crippen LogP contribution in [0.25, 0.3) is 0 Å². The van der Waals surface area contributed by atoms with E-state index in [9.17, 15) is 0 Å². The predicted molar refractivity (Wildman–Crippen MR) is 79.3 cm³/mol. The van der Waals surface area contributed by atoms with E-state index in [0.717, 1.165) is 6.42 Å². The van der Waals surface area contributed by atoms with E-state index >= 15 is 0 Å². The van der Waals surface area contributed by atoms with Crippen LogP contribution < -0.4 is 11.3 Å². The third kappa shape index (κ3) is 4.43. The summed E-state index contributed by atoms with van der Waals surface area (Å²) >= 11 is 0. The van der Waals surface area contributed by atoms with E-state index in [1.54, 1.807) is 0 Å². The smallest absolute Gasteiger partial charge is 0.0464 e. The molecule has 0 aliphatic carbocycles. The van der Waals surface area contributed by atoms with E-state index in [0.29, 0.717) is 0 Å². The average Bonchev–Trinajstić information content (AvgIpc) is 2.24. The number of hydrogen-bond acceptors (Lipinski definition) is 2. The van der Waals surface area contributed by atoms with E-state index < -0.39 is 0 Å². The molecule has 0 spiro atoms. The van der Waals surface area contributed by atoms with Crippen molar-refractivity contribution in [3.8, 4) is 0 Å². The maximum Gasteiger partial charge on any atom is 0.0464 e. The SMILES string of the molecule is CC(C)(C)CC(NN)c1ccc(C(C)(C)C)cc1. The van der Waals surface area contributed by atoms with Crippen molar-refractivity contribution in [2.45, 2.75) is 59.4 Å². The summed E-state index contributed by atoms with van der Waals surface area (Å²) in [6.45, 7) is 13.4. The number of benzene rings is 1. The third-order valence-electron chi connectivity index (χ3n) is 3.20. The fraction of sp³-hybridized carbons (Fsp3) is 0.625. The standard InChI is InChI=1S/C16H28N2/c1-15(2,3)11-14(18-17)12-7-9-13(10-8-12)16(4,5)6/h7-10,14,18H,11,17H2,1-6H3. The molecule has 1 aromatic carbocycles. The molecule has 2 heteroatoms. The summed E-state index contributed by atoms with van der Waals surface area (Å²) in [5, 5.41) is 0. The van der Waals surface area contributed by atoms with Gasteiger partial charge in [-0.3, -0.25) is 11.3 Å². The lowest BCUT2D eigenvalue weighted by Crippen LogP contribution is -2.31. The van der Waals surface area contributed by atoms with E-state index in [4.69, 9.17) is 5.84 Å². The van der Waals surface area contributed by atoms with Crippen molar-refractivity contribution in [2.75, 3.05) is 0 Å². The molecule has 0 heterocycles. The number of nitrogens with one attached hydrogen (secondary N) is 1. The van der Waals surface area contributed by atoms with E-state index in [1.807, 2.05) is 0 Å². The van der Waals surface area contributed by atoms with Crippen LogP contribution in [0.15, 0.2) is 24.3 Å². The topological polar surface area (TPSA) is 38.0 Å². The fourth-order valence-corrected chi connectivity index (χ4v) is 2.10. The number of rotatable bonds is 3. The molecule has 2 nitrogen and oxygen atoms in total. The van der Waals surface area contributed by atoms with Gasteiger partial charge in [0.25, 0.3) is 0 Å². The normalized spacial score (nSPS) is 14.6. The highest BCUT2D eigenvalue weighted by atomic mass is 15.2. The van der Waals surface area contributed by atoms with Crippen LogP contribution in [-0.2, 0) is 5.41 Å². The predicted octanol–water partition coefficient (Wildman–Crippen LogP) is 3.92. The summed E-state index contributed by atoms with van der Waals surface area (Å²) in [4.78, 5) is 0. The Bertz CT molecular complexity index is 366. The van der Waals surface area contributed by atoms with Crippen LogP contribution in [0.2, 0.25) is 0 Å². The summed E-state index contributed by atoms with van der Waals surface area (Å²) in [6, 6.07) is 9.03. The summed E-state index contributed by atoms with van der Waals surface area (Å²) in [5.41, 5.74) is 6.02. The molecule has 3 N–H and O–H groups in total. The Morgan fingerprint density at radius 2 is 1.50 bits per heavy atom. The van der Waals surface area contributed by atoms with Crippen molar-refractivity contribution in [3.63, 3.8) is 0 Å². The average molecular weight is 248 g/mol. The molecule has 0 saturated heterocycles. The number of hydrogen-bond donors (Lipinski definition) is 2. The number of hydrazine groups is 1. The van der Waals surface area contributed by atoms with Gasteiger partial charge < -0.3 is 0 Å². The van der Waals surface area contributed by atoms with Crippen LogP contribution in [0.3, 0.4) is 0 Å². The van der Waals surface area contributed by atoms with Gasteiger partial charge in [0.05, 0.1) is 0 Å². The quantitative estimate of drug-likeness (QED) is 0.628. The Hall–Kier alpha value is -0.860. The van der Waals surface area contributed by atoms with Crippen LogP contribution in [0.4, 0.5) is 0 Å². The molecule has 102 valence electrons. The highest BCUT2D eigenvalue weighted by molar-refractivity contribution is 5.29. The van der Waals surface area contributed by atoms with Crippen LogP contribution in [-0.4, -0.2) is 0 Å². The van der Waals surface area contributed by atoms with Gasteiger partial charge in [0.1, 0.15) is 0 Å². The zero-order valence-electron chi connectivity index (χ0n) is 12.7. The lowest BCUT2D eigenvalue weighted by Gasteiger charge is -2.26. The second-order valence-corrected chi connectivity index (χ2v) is 7.36. The third-order valence-corrected chi connectivity index (χ3v) is 3.20. The van der Waals surface area contributed by atoms with Gasteiger partial charge in [-0.1, -0.05) is 65.8 Å². The summed E-state index contributed by atoms with van der Waals surface area (Å²) < 4.78 is 0. The molecule has 1 aromatic rings. The van der Waals surface area contributed by atoms with Crippen molar-refractivity contribution in [1.29, 1.82) is 0 Å². The highest BCUT2D eigenvalue weighted by Crippen LogP contribution is 2.30. The van der Waals surface area contributed by atoms with Gasteiger partial charge in [0.15, 0.2) is 0 Å². The summed E-state index contributed by atoms with van der Waals surface area (Å²) in [7, 11) is 0. The maximum atomic E-state index is 5.69. The minimum Gasteiger partial charge on any atom is -0.271 e. The van der Waals surface area contributed by atoms with Gasteiger partial charge in [-0.25, -0.2) is 0 Å². The minimum atomic E-state index is 0.203. The van der Waals surface area contributed by atoms with Crippen LogP contribution >= 0.6 is 0 Å². The lowest BCUT2D eigenvalue weighted by molar-refractivity contribution is 0.313. The molecule has 0 bridgehead atoms. The first-order valence-corrected chi connectivity index (χ1v) is 6.70. The Morgan fingerprint density at radius 3 is 1.83 bits per heavy atom. The molecule has 0 amide bonds. The molecule has 0 radical (unpaired) electrons. The van der Waals surface area contributed by atoms with E-state index in [2.05, 4.69) is 71.2 Å². The molecule has 0 saturated carbocycles. The van der Waals surface area contributed by atoms with Crippen molar-refractivity contribution in [3.05, 3.63) is 35.4 Å². The Morgan fingerprint density at radius 1 is 1.00 bits per heavy atom. The summed E-state index contributed by atoms with van der Waals surface area (Å²) in [6.07, 6.45) is 1.03. The first-order valence-electron chi connectivity index (χ1n) is 6.70. The van der Waals surface area contributed by atoms with E-state index in [1.165, 1.54) is 11.1 Å². The Balaban J connectivity index is 2.89. The molecule has 0 fully saturated rings. The lowest BCUT2D eigenvalue weighted by atomic mass is 9.83. The van der Waals surface area contributed by atoms with Gasteiger partial charge in [-0.15, -0.1) is 0 Å². The number of nitrogens with two attached hydrogens (primary N) is 1. The van der Waals surface area contributed by atoms with E-state index in [-0.39, 0.29) is 16.9 Å². The molecule has 0 aromatic heterocycles. The van der Waals surface area contributed by atoms with Gasteiger partial charge in [-0.05, 0) is 28.4 Å². The molecular weight excluding hydrogens is 220 g/mol. The van der Waals surface area contributed by atoms with Crippen molar-refractivity contribution < 1.29 is 0 Å². The molecular formula is C16H28N2. The van der Waals surface area contributed by atoms with Gasteiger partial charge in [0.2, 0.25) is 0 Å². The van der Waals surface area contributed by atoms with Crippen molar-refractivity contribution in [1.82, 2.24) is 5.43 Å². The van der Waals surface area contributed by atoms with Crippen LogP contribution in [0, 0.1) is 5.41 Å².